The summed E-state index contributed by atoms with van der Waals surface area (Å²) in [5.74, 6) is -0.149. The van der Waals surface area contributed by atoms with Gasteiger partial charge < -0.3 is 4.90 Å². The number of carbonyl (C=O) groups excluding carboxylic acids is 1. The first kappa shape index (κ1) is 18.4. The number of anilines is 1. The van der Waals surface area contributed by atoms with Gasteiger partial charge in [-0.25, -0.2) is 13.1 Å². The number of carbonyl (C=O) groups is 1. The van der Waals surface area contributed by atoms with E-state index < -0.39 is 10.0 Å². The van der Waals surface area contributed by atoms with Gasteiger partial charge in [0.1, 0.15) is 0 Å². The molecule has 7 heteroatoms. The van der Waals surface area contributed by atoms with Gasteiger partial charge in [0.05, 0.1) is 4.90 Å². The minimum Gasteiger partial charge on any atom is -0.311 e. The van der Waals surface area contributed by atoms with Crippen LogP contribution in [0.3, 0.4) is 0 Å². The van der Waals surface area contributed by atoms with Crippen molar-refractivity contribution in [2.24, 2.45) is 0 Å². The second kappa shape index (κ2) is 7.79. The monoisotopic (exact) mass is 366 g/mol. The lowest BCUT2D eigenvalue weighted by Gasteiger charge is -2.21. The van der Waals surface area contributed by atoms with Crippen molar-refractivity contribution >= 4 is 33.2 Å². The Balaban J connectivity index is 2.03. The average molecular weight is 367 g/mol. The number of hydrogen-bond acceptors (Lipinski definition) is 3. The topological polar surface area (TPSA) is 66.5 Å². The van der Waals surface area contributed by atoms with Crippen LogP contribution >= 0.6 is 11.6 Å². The highest BCUT2D eigenvalue weighted by Crippen LogP contribution is 2.16. The van der Waals surface area contributed by atoms with Crippen LogP contribution in [0.15, 0.2) is 53.4 Å². The Bertz CT molecular complexity index is 803. The zero-order valence-corrected chi connectivity index (χ0v) is 15.1. The first-order valence-electron chi connectivity index (χ1n) is 7.39. The highest BCUT2D eigenvalue weighted by molar-refractivity contribution is 7.89. The van der Waals surface area contributed by atoms with Gasteiger partial charge in [-0.3, -0.25) is 4.79 Å². The van der Waals surface area contributed by atoms with Gasteiger partial charge in [0.15, 0.2) is 0 Å². The average Bonchev–Trinajstić information content (AvgIpc) is 2.53. The van der Waals surface area contributed by atoms with E-state index in [0.717, 1.165) is 11.3 Å². The van der Waals surface area contributed by atoms with E-state index in [1.54, 1.807) is 0 Å². The van der Waals surface area contributed by atoms with Crippen LogP contribution in [0.1, 0.15) is 12.5 Å². The van der Waals surface area contributed by atoms with Crippen LogP contribution in [-0.4, -0.2) is 27.4 Å². The summed E-state index contributed by atoms with van der Waals surface area (Å²) in [5.41, 5.74) is 1.82. The third-order valence-electron chi connectivity index (χ3n) is 3.48. The van der Waals surface area contributed by atoms with Crippen LogP contribution in [0.25, 0.3) is 0 Å². The molecule has 0 heterocycles. The molecule has 0 saturated heterocycles. The molecule has 0 aliphatic carbocycles. The van der Waals surface area contributed by atoms with Crippen molar-refractivity contribution in [2.45, 2.75) is 18.7 Å². The Labute approximate surface area is 147 Å². The molecule has 0 atom stereocenters. The summed E-state index contributed by atoms with van der Waals surface area (Å²) >= 11 is 5.76. The van der Waals surface area contributed by atoms with Crippen LogP contribution in [-0.2, 0) is 14.8 Å². The predicted molar refractivity (Wildman–Crippen MR) is 95.8 cm³/mol. The largest absolute Gasteiger partial charge is 0.311 e. The summed E-state index contributed by atoms with van der Waals surface area (Å²) in [6.07, 6.45) is 0. The fourth-order valence-electron chi connectivity index (χ4n) is 2.18. The van der Waals surface area contributed by atoms with E-state index in [2.05, 4.69) is 4.72 Å². The molecule has 128 valence electrons. The lowest BCUT2D eigenvalue weighted by Crippen LogP contribution is -2.37. The number of hydrogen-bond donors (Lipinski definition) is 1. The van der Waals surface area contributed by atoms with E-state index in [0.29, 0.717) is 5.02 Å². The second-order valence-electron chi connectivity index (χ2n) is 5.36. The Hall–Kier alpha value is -1.89. The Morgan fingerprint density at radius 2 is 1.67 bits per heavy atom. The van der Waals surface area contributed by atoms with Gasteiger partial charge in [-0.05, 0) is 43.3 Å². The van der Waals surface area contributed by atoms with E-state index in [1.807, 2.05) is 31.2 Å². The summed E-state index contributed by atoms with van der Waals surface area (Å²) in [6.45, 7) is 3.76. The molecule has 5 nitrogen and oxygen atoms in total. The van der Waals surface area contributed by atoms with Crippen LogP contribution < -0.4 is 9.62 Å². The van der Waals surface area contributed by atoms with Crippen molar-refractivity contribution in [1.29, 1.82) is 0 Å². The predicted octanol–water partition coefficient (Wildman–Crippen LogP) is 2.98. The number of halogens is 1. The molecule has 2 aromatic rings. The maximum Gasteiger partial charge on any atom is 0.240 e. The fourth-order valence-corrected chi connectivity index (χ4v) is 3.33. The van der Waals surface area contributed by atoms with Gasteiger partial charge >= 0.3 is 0 Å². The Morgan fingerprint density at radius 1 is 1.08 bits per heavy atom. The maximum atomic E-state index is 12.2. The van der Waals surface area contributed by atoms with E-state index in [1.165, 1.54) is 36.1 Å². The van der Waals surface area contributed by atoms with Gasteiger partial charge in [-0.15, -0.1) is 0 Å². The van der Waals surface area contributed by atoms with Crippen molar-refractivity contribution in [3.05, 3.63) is 59.1 Å². The molecule has 24 heavy (non-hydrogen) atoms. The number of rotatable bonds is 6. The SMILES string of the molecule is CC(=O)N(CCNS(=O)(=O)c1ccc(Cl)cc1)c1ccc(C)cc1. The zero-order valence-electron chi connectivity index (χ0n) is 13.5. The van der Waals surface area contributed by atoms with Gasteiger partial charge in [0.25, 0.3) is 0 Å². The molecular formula is C17H19ClN2O3S. The molecule has 0 fully saturated rings. The quantitative estimate of drug-likeness (QED) is 0.854. The summed E-state index contributed by atoms with van der Waals surface area (Å²) in [7, 11) is -3.63. The summed E-state index contributed by atoms with van der Waals surface area (Å²) < 4.78 is 26.9. The standard InChI is InChI=1S/C17H19ClN2O3S/c1-13-3-7-16(8-4-13)20(14(2)21)12-11-19-24(22,23)17-9-5-15(18)6-10-17/h3-10,19H,11-12H2,1-2H3. The molecule has 0 spiro atoms. The Kier molecular flexibility index (Phi) is 5.99. The number of benzene rings is 2. The van der Waals surface area contributed by atoms with Crippen molar-refractivity contribution < 1.29 is 13.2 Å². The van der Waals surface area contributed by atoms with Gasteiger partial charge in [0, 0.05) is 30.7 Å². The number of nitrogens with one attached hydrogen (secondary N) is 1. The van der Waals surface area contributed by atoms with E-state index in [9.17, 15) is 13.2 Å². The van der Waals surface area contributed by atoms with Crippen molar-refractivity contribution in [3.8, 4) is 0 Å². The molecule has 1 amide bonds. The lowest BCUT2D eigenvalue weighted by atomic mass is 10.2. The third kappa shape index (κ3) is 4.80. The second-order valence-corrected chi connectivity index (χ2v) is 7.56. The number of amides is 1. The summed E-state index contributed by atoms with van der Waals surface area (Å²) in [6, 6.07) is 13.4. The van der Waals surface area contributed by atoms with Crippen molar-refractivity contribution in [3.63, 3.8) is 0 Å². The zero-order chi connectivity index (χ0) is 17.7. The minimum atomic E-state index is -3.63. The molecule has 0 radical (unpaired) electrons. The van der Waals surface area contributed by atoms with E-state index >= 15 is 0 Å². The smallest absolute Gasteiger partial charge is 0.240 e. The highest BCUT2D eigenvalue weighted by atomic mass is 35.5. The van der Waals surface area contributed by atoms with E-state index in [-0.39, 0.29) is 23.9 Å². The summed E-state index contributed by atoms with van der Waals surface area (Å²) in [4.78, 5) is 13.5. The first-order chi connectivity index (χ1) is 11.3. The molecule has 0 unspecified atom stereocenters. The third-order valence-corrected chi connectivity index (χ3v) is 5.21. The first-order valence-corrected chi connectivity index (χ1v) is 9.26. The molecule has 0 saturated carbocycles. The van der Waals surface area contributed by atoms with Crippen LogP contribution in [0, 0.1) is 6.92 Å². The number of nitrogens with zero attached hydrogens (tertiary/aromatic N) is 1. The fraction of sp³-hybridized carbons (Fsp3) is 0.235. The molecule has 0 aliphatic rings. The van der Waals surface area contributed by atoms with Crippen molar-refractivity contribution in [2.75, 3.05) is 18.0 Å². The molecule has 1 N–H and O–H groups in total. The normalized spacial score (nSPS) is 11.3. The number of aryl methyl sites for hydroxylation is 1. The minimum absolute atomic E-state index is 0.110. The molecule has 2 rings (SSSR count). The van der Waals surface area contributed by atoms with Gasteiger partial charge in [-0.1, -0.05) is 29.3 Å². The molecule has 0 bridgehead atoms. The van der Waals surface area contributed by atoms with Crippen LogP contribution in [0.4, 0.5) is 5.69 Å². The Morgan fingerprint density at radius 3 is 2.21 bits per heavy atom. The molecule has 0 aliphatic heterocycles. The molecular weight excluding hydrogens is 348 g/mol. The number of sulfonamides is 1. The molecule has 2 aromatic carbocycles. The molecule has 0 aromatic heterocycles. The lowest BCUT2D eigenvalue weighted by molar-refractivity contribution is -0.116. The van der Waals surface area contributed by atoms with Crippen LogP contribution in [0.2, 0.25) is 5.02 Å². The van der Waals surface area contributed by atoms with Gasteiger partial charge in [0.2, 0.25) is 15.9 Å². The van der Waals surface area contributed by atoms with Gasteiger partial charge in [-0.2, -0.15) is 0 Å². The highest BCUT2D eigenvalue weighted by Gasteiger charge is 2.16. The summed E-state index contributed by atoms with van der Waals surface area (Å²) in [5, 5.41) is 0.469. The maximum absolute atomic E-state index is 12.2. The van der Waals surface area contributed by atoms with Crippen LogP contribution in [0.5, 0.6) is 0 Å². The van der Waals surface area contributed by atoms with Crippen molar-refractivity contribution in [1.82, 2.24) is 4.72 Å². The van der Waals surface area contributed by atoms with E-state index in [4.69, 9.17) is 11.6 Å².